The van der Waals surface area contributed by atoms with Crippen LogP contribution in [0.3, 0.4) is 0 Å². The molecule has 0 amide bonds. The molecule has 0 bridgehead atoms. The van der Waals surface area contributed by atoms with Crippen LogP contribution in [0.25, 0.3) is 22.6 Å². The number of nitrogen functional groups attached to an aromatic ring is 1. The zero-order valence-electron chi connectivity index (χ0n) is 26.6. The Morgan fingerprint density at radius 3 is 2.72 bits per heavy atom. The van der Waals surface area contributed by atoms with Crippen LogP contribution in [0.1, 0.15) is 37.1 Å². The average molecular weight is 601 g/mol. The molecule has 4 heteroatoms. The van der Waals surface area contributed by atoms with Crippen molar-refractivity contribution < 1.29 is 0 Å². The first-order valence-corrected chi connectivity index (χ1v) is 15.7. The van der Waals surface area contributed by atoms with Gasteiger partial charge in [-0.25, -0.2) is 0 Å². The van der Waals surface area contributed by atoms with Gasteiger partial charge < -0.3 is 16.1 Å². The summed E-state index contributed by atoms with van der Waals surface area (Å²) in [5.41, 5.74) is 16.1. The molecule has 3 aliphatic rings. The highest BCUT2D eigenvalue weighted by atomic mass is 15.3. The van der Waals surface area contributed by atoms with Gasteiger partial charge in [-0.2, -0.15) is 0 Å². The fourth-order valence-electron chi connectivity index (χ4n) is 5.85. The van der Waals surface area contributed by atoms with E-state index in [-0.39, 0.29) is 0 Å². The van der Waals surface area contributed by atoms with E-state index < -0.39 is 0 Å². The molecular formula is C42H40N4. The van der Waals surface area contributed by atoms with Gasteiger partial charge in [-0.1, -0.05) is 97.8 Å². The Kier molecular flexibility index (Phi) is 8.91. The predicted octanol–water partition coefficient (Wildman–Crippen LogP) is 9.69. The molecule has 0 atom stereocenters. The third-order valence-electron chi connectivity index (χ3n) is 8.47. The van der Waals surface area contributed by atoms with Crippen LogP contribution in [0, 0.1) is 0 Å². The molecule has 0 spiro atoms. The van der Waals surface area contributed by atoms with Crippen LogP contribution < -0.4 is 11.2 Å². The Hall–Kier alpha value is -5.70. The molecule has 2 aliphatic carbocycles. The number of nitrogens with two attached hydrogens (primary N) is 1. The number of anilines is 1. The lowest BCUT2D eigenvalue weighted by molar-refractivity contribution is 0.535. The molecule has 1 aliphatic heterocycles. The van der Waals surface area contributed by atoms with E-state index in [0.29, 0.717) is 6.54 Å². The molecular weight excluding hydrogens is 560 g/mol. The fourth-order valence-corrected chi connectivity index (χ4v) is 5.85. The Morgan fingerprint density at radius 1 is 1.04 bits per heavy atom. The maximum Gasteiger partial charge on any atom is 0.0919 e. The number of benzene rings is 2. The zero-order valence-corrected chi connectivity index (χ0v) is 26.6. The van der Waals surface area contributed by atoms with E-state index in [1.165, 1.54) is 16.6 Å². The van der Waals surface area contributed by atoms with Crippen molar-refractivity contribution in [2.45, 2.75) is 26.7 Å². The Labute approximate surface area is 272 Å². The van der Waals surface area contributed by atoms with Crippen molar-refractivity contribution in [2.75, 3.05) is 17.7 Å². The second-order valence-corrected chi connectivity index (χ2v) is 11.6. The summed E-state index contributed by atoms with van der Waals surface area (Å²) < 4.78 is 1.85. The number of fused-ring (bicyclic) bond motifs is 3. The van der Waals surface area contributed by atoms with Gasteiger partial charge in [-0.15, -0.1) is 0 Å². The van der Waals surface area contributed by atoms with Crippen LogP contribution in [0.2, 0.25) is 0 Å². The van der Waals surface area contributed by atoms with Gasteiger partial charge >= 0.3 is 0 Å². The smallest absolute Gasteiger partial charge is 0.0919 e. The molecule has 0 fully saturated rings. The molecule has 0 radical (unpaired) electrons. The SMILES string of the molecule is C=C(/C=C\C=C/C)C1=CC(N2/C=C\C(c3ccc4c(c3)c3c(n4N)CCC=C3)=C/C(=C)/C(C)=C/C=C\C2)=C=C1Nc1ccccc1. The summed E-state index contributed by atoms with van der Waals surface area (Å²) in [6.07, 6.45) is 29.5. The second-order valence-electron chi connectivity index (χ2n) is 11.6. The molecule has 0 unspecified atom stereocenters. The topological polar surface area (TPSA) is 46.2 Å². The minimum atomic E-state index is 0.666. The first-order chi connectivity index (χ1) is 22.4. The van der Waals surface area contributed by atoms with Gasteiger partial charge in [0.15, 0.2) is 0 Å². The highest BCUT2D eigenvalue weighted by Gasteiger charge is 2.19. The van der Waals surface area contributed by atoms with Crippen molar-refractivity contribution in [3.05, 3.63) is 191 Å². The highest BCUT2D eigenvalue weighted by molar-refractivity contribution is 5.95. The van der Waals surface area contributed by atoms with Gasteiger partial charge in [0, 0.05) is 40.6 Å². The van der Waals surface area contributed by atoms with E-state index in [0.717, 1.165) is 68.9 Å². The maximum atomic E-state index is 6.53. The van der Waals surface area contributed by atoms with Crippen molar-refractivity contribution in [3.63, 3.8) is 0 Å². The number of nitrogens with one attached hydrogen (secondary N) is 1. The lowest BCUT2D eigenvalue weighted by Gasteiger charge is -2.18. The summed E-state index contributed by atoms with van der Waals surface area (Å²) in [6, 6.07) is 16.7. The van der Waals surface area contributed by atoms with E-state index >= 15 is 0 Å². The number of rotatable bonds is 7. The van der Waals surface area contributed by atoms with E-state index in [1.807, 2.05) is 54.1 Å². The largest absolute Gasteiger partial charge is 0.349 e. The van der Waals surface area contributed by atoms with E-state index in [9.17, 15) is 0 Å². The summed E-state index contributed by atoms with van der Waals surface area (Å²) in [5, 5.41) is 4.73. The van der Waals surface area contributed by atoms with Crippen LogP contribution >= 0.6 is 0 Å². The lowest BCUT2D eigenvalue weighted by atomic mass is 9.97. The van der Waals surface area contributed by atoms with Crippen LogP contribution in [0.15, 0.2) is 174 Å². The maximum absolute atomic E-state index is 6.53. The molecule has 3 N–H and O–H groups in total. The van der Waals surface area contributed by atoms with Gasteiger partial charge in [-0.3, -0.25) is 4.68 Å². The Morgan fingerprint density at radius 2 is 1.89 bits per heavy atom. The minimum Gasteiger partial charge on any atom is -0.349 e. The van der Waals surface area contributed by atoms with Crippen molar-refractivity contribution >= 4 is 28.2 Å². The highest BCUT2D eigenvalue weighted by Crippen LogP contribution is 2.34. The Bertz CT molecular complexity index is 2020. The molecule has 2 heterocycles. The summed E-state index contributed by atoms with van der Waals surface area (Å²) in [4.78, 5) is 2.21. The van der Waals surface area contributed by atoms with Gasteiger partial charge in [0.2, 0.25) is 0 Å². The molecule has 6 rings (SSSR count). The molecule has 0 saturated carbocycles. The number of nitrogens with zero attached hydrogens (tertiary/aromatic N) is 2. The number of aromatic nitrogens is 1. The van der Waals surface area contributed by atoms with Crippen molar-refractivity contribution in [2.24, 2.45) is 0 Å². The van der Waals surface area contributed by atoms with Gasteiger partial charge in [0.05, 0.1) is 16.9 Å². The lowest BCUT2D eigenvalue weighted by Crippen LogP contribution is -2.14. The number of allylic oxidation sites excluding steroid dienone is 13. The van der Waals surface area contributed by atoms with Gasteiger partial charge in [0.1, 0.15) is 0 Å². The van der Waals surface area contributed by atoms with Crippen LogP contribution in [-0.4, -0.2) is 16.1 Å². The summed E-state index contributed by atoms with van der Waals surface area (Å²) in [5.74, 6) is 6.53. The molecule has 3 aromatic rings. The third kappa shape index (κ3) is 6.39. The van der Waals surface area contributed by atoms with E-state index in [4.69, 9.17) is 5.84 Å². The molecule has 46 heavy (non-hydrogen) atoms. The molecule has 2 aromatic carbocycles. The molecule has 4 nitrogen and oxygen atoms in total. The molecule has 228 valence electrons. The molecule has 0 saturated heterocycles. The van der Waals surface area contributed by atoms with E-state index in [1.54, 1.807) is 0 Å². The average Bonchev–Trinajstić information content (AvgIpc) is 3.61. The van der Waals surface area contributed by atoms with Gasteiger partial charge in [-0.05, 0) is 97.0 Å². The predicted molar refractivity (Wildman–Crippen MR) is 197 cm³/mol. The number of hydrogen-bond acceptors (Lipinski definition) is 3. The van der Waals surface area contributed by atoms with Crippen LogP contribution in [0.4, 0.5) is 5.69 Å². The van der Waals surface area contributed by atoms with Crippen molar-refractivity contribution in [1.29, 1.82) is 0 Å². The summed E-state index contributed by atoms with van der Waals surface area (Å²) >= 11 is 0. The Balaban J connectivity index is 1.42. The van der Waals surface area contributed by atoms with E-state index in [2.05, 4.69) is 121 Å². The third-order valence-corrected chi connectivity index (χ3v) is 8.47. The summed E-state index contributed by atoms with van der Waals surface area (Å²) in [6.45, 7) is 13.6. The van der Waals surface area contributed by atoms with Gasteiger partial charge in [0.25, 0.3) is 0 Å². The normalized spacial score (nSPS) is 20.3. The van der Waals surface area contributed by atoms with Crippen molar-refractivity contribution in [3.8, 4) is 0 Å². The molecule has 1 aromatic heterocycles. The zero-order chi connectivity index (χ0) is 32.0. The summed E-state index contributed by atoms with van der Waals surface area (Å²) in [7, 11) is 0. The number of para-hydroxylation sites is 1. The van der Waals surface area contributed by atoms with Crippen LogP contribution in [0.5, 0.6) is 0 Å². The number of hydrogen-bond donors (Lipinski definition) is 2. The quantitative estimate of drug-likeness (QED) is 0.161. The first-order valence-electron chi connectivity index (χ1n) is 15.7. The first kappa shape index (κ1) is 30.3. The van der Waals surface area contributed by atoms with Crippen LogP contribution in [-0.2, 0) is 6.42 Å². The second kappa shape index (κ2) is 13.5. The minimum absolute atomic E-state index is 0.666. The standard InChI is InChI=1S/C42H40N4/c1-5-6-8-16-31(3)38-28-36(29-40(38)44-35-17-9-7-10-18-35)45-24-14-13-15-30(2)32(4)26-34(23-25-45)33-21-22-42-39(27-33)37-19-11-12-20-41(37)46(42)43/h5-11,13-19,21-23,25-28,44H,3-4,12,20,24,43H2,1-2H3/b6-5-,14-13-,16-8-,25-23-,30-15+,34-26+. The van der Waals surface area contributed by atoms with Crippen molar-refractivity contribution in [1.82, 2.24) is 9.58 Å². The fraction of sp³-hybridized carbons (Fsp3) is 0.119. The monoisotopic (exact) mass is 600 g/mol.